The Kier molecular flexibility index (Phi) is 4.63. The molecule has 1 aliphatic rings. The quantitative estimate of drug-likeness (QED) is 0.361. The van der Waals surface area contributed by atoms with E-state index in [0.717, 1.165) is 18.8 Å². The molecule has 0 aliphatic carbocycles. The molecule has 0 aromatic carbocycles. The number of ether oxygens (including phenoxy) is 1. The number of quaternary nitrogens is 1. The van der Waals surface area contributed by atoms with Crippen molar-refractivity contribution >= 4 is 0 Å². The molecule has 2 heteroatoms. The van der Waals surface area contributed by atoms with Crippen molar-refractivity contribution in [1.82, 2.24) is 0 Å². The van der Waals surface area contributed by atoms with E-state index in [1.54, 1.807) is 0 Å². The fourth-order valence-corrected chi connectivity index (χ4v) is 2.21. The van der Waals surface area contributed by atoms with Crippen LogP contribution < -0.4 is 0 Å². The summed E-state index contributed by atoms with van der Waals surface area (Å²) in [6.45, 7) is 14.9. The van der Waals surface area contributed by atoms with Crippen molar-refractivity contribution in [2.45, 2.75) is 26.7 Å². The van der Waals surface area contributed by atoms with Crippen LogP contribution in [-0.2, 0) is 4.74 Å². The van der Waals surface area contributed by atoms with Crippen LogP contribution in [0.3, 0.4) is 0 Å². The van der Waals surface area contributed by atoms with E-state index < -0.39 is 0 Å². The third-order valence-corrected chi connectivity index (χ3v) is 3.24. The lowest BCUT2D eigenvalue weighted by atomic mass is 10.4. The first-order valence-corrected chi connectivity index (χ1v) is 5.76. The lowest BCUT2D eigenvalue weighted by Crippen LogP contribution is -2.47. The molecule has 1 rings (SSSR count). The highest BCUT2D eigenvalue weighted by Crippen LogP contribution is 2.18. The van der Waals surface area contributed by atoms with Crippen LogP contribution in [0.1, 0.15) is 26.7 Å². The highest BCUT2D eigenvalue weighted by molar-refractivity contribution is 4.87. The van der Waals surface area contributed by atoms with Crippen molar-refractivity contribution in [1.29, 1.82) is 0 Å². The second-order valence-electron chi connectivity index (χ2n) is 4.55. The van der Waals surface area contributed by atoms with Crippen LogP contribution in [-0.4, -0.2) is 43.9 Å². The van der Waals surface area contributed by atoms with Gasteiger partial charge in [0.1, 0.15) is 6.54 Å². The van der Waals surface area contributed by atoms with Crippen LogP contribution in [0.5, 0.6) is 0 Å². The van der Waals surface area contributed by atoms with Gasteiger partial charge in [-0.05, 0) is 13.8 Å². The average Bonchev–Trinajstić information content (AvgIpc) is 2.62. The van der Waals surface area contributed by atoms with Gasteiger partial charge in [-0.15, -0.1) is 0 Å². The molecule has 0 bridgehead atoms. The molecule has 2 nitrogen and oxygen atoms in total. The number of nitrogens with zero attached hydrogens (tertiary/aromatic N) is 1. The Hall–Kier alpha value is -0.340. The van der Waals surface area contributed by atoms with E-state index in [1.165, 1.54) is 43.5 Å². The maximum absolute atomic E-state index is 5.57. The monoisotopic (exact) mass is 198 g/mol. The smallest absolute Gasteiger partial charge is 0.102 e. The van der Waals surface area contributed by atoms with Crippen molar-refractivity contribution in [3.63, 3.8) is 0 Å². The maximum atomic E-state index is 5.57. The minimum absolute atomic E-state index is 0.726. The molecular formula is C12H24NO+. The minimum Gasteiger partial charge on any atom is -0.371 e. The van der Waals surface area contributed by atoms with Gasteiger partial charge >= 0.3 is 0 Å². The Morgan fingerprint density at radius 2 is 2.00 bits per heavy atom. The van der Waals surface area contributed by atoms with E-state index >= 15 is 0 Å². The topological polar surface area (TPSA) is 9.23 Å². The molecule has 0 aromatic heterocycles. The molecule has 0 saturated carbocycles. The summed E-state index contributed by atoms with van der Waals surface area (Å²) in [7, 11) is 0. The van der Waals surface area contributed by atoms with Gasteiger partial charge in [-0.1, -0.05) is 12.2 Å². The van der Waals surface area contributed by atoms with Crippen molar-refractivity contribution < 1.29 is 9.22 Å². The Bertz CT molecular complexity index is 183. The molecule has 0 amide bonds. The van der Waals surface area contributed by atoms with Crippen LogP contribution in [0, 0.1) is 0 Å². The molecule has 1 aliphatic heterocycles. The fraction of sp³-hybridized carbons (Fsp3) is 0.833. The van der Waals surface area contributed by atoms with E-state index in [2.05, 4.69) is 13.5 Å². The summed E-state index contributed by atoms with van der Waals surface area (Å²) in [5, 5.41) is 0. The van der Waals surface area contributed by atoms with E-state index in [-0.39, 0.29) is 0 Å². The van der Waals surface area contributed by atoms with Crippen LogP contribution in [0.15, 0.2) is 12.2 Å². The Morgan fingerprint density at radius 3 is 2.50 bits per heavy atom. The maximum Gasteiger partial charge on any atom is 0.102 e. The first kappa shape index (κ1) is 11.7. The highest BCUT2D eigenvalue weighted by Gasteiger charge is 2.29. The van der Waals surface area contributed by atoms with Gasteiger partial charge in [0, 0.05) is 12.8 Å². The Labute approximate surface area is 88.1 Å². The zero-order valence-corrected chi connectivity index (χ0v) is 9.72. The van der Waals surface area contributed by atoms with Gasteiger partial charge in [0.25, 0.3) is 0 Å². The molecule has 1 saturated heterocycles. The SMILES string of the molecule is C=C(C)COCC[N+]1(CC)CCCC1. The molecule has 14 heavy (non-hydrogen) atoms. The standard InChI is InChI=1S/C12H24NO/c1-4-13(7-5-6-8-13)9-10-14-11-12(2)3/h2,4-11H2,1,3H3/q+1. The third-order valence-electron chi connectivity index (χ3n) is 3.24. The number of likely N-dealkylation sites (tertiary alicyclic amines) is 1. The highest BCUT2D eigenvalue weighted by atomic mass is 16.5. The summed E-state index contributed by atoms with van der Waals surface area (Å²) in [4.78, 5) is 0. The number of likely N-dealkylation sites (N-methyl/N-ethyl adjacent to an activating group) is 1. The van der Waals surface area contributed by atoms with Crippen molar-refractivity contribution in [2.75, 3.05) is 39.4 Å². The molecule has 1 fully saturated rings. The Morgan fingerprint density at radius 1 is 1.36 bits per heavy atom. The summed E-state index contributed by atoms with van der Waals surface area (Å²) >= 11 is 0. The predicted molar refractivity (Wildman–Crippen MR) is 60.3 cm³/mol. The van der Waals surface area contributed by atoms with Gasteiger partial charge in [-0.3, -0.25) is 0 Å². The molecule has 0 unspecified atom stereocenters. The van der Waals surface area contributed by atoms with Crippen molar-refractivity contribution in [3.05, 3.63) is 12.2 Å². The molecule has 82 valence electrons. The number of hydrogen-bond donors (Lipinski definition) is 0. The molecule has 1 heterocycles. The van der Waals surface area contributed by atoms with E-state index in [1.807, 2.05) is 6.92 Å². The summed E-state index contributed by atoms with van der Waals surface area (Å²) in [5.41, 5.74) is 1.12. The first-order valence-electron chi connectivity index (χ1n) is 5.76. The van der Waals surface area contributed by atoms with Gasteiger partial charge in [0.2, 0.25) is 0 Å². The minimum atomic E-state index is 0.726. The van der Waals surface area contributed by atoms with Crippen molar-refractivity contribution in [2.24, 2.45) is 0 Å². The first-order chi connectivity index (χ1) is 6.68. The van der Waals surface area contributed by atoms with Crippen LogP contribution >= 0.6 is 0 Å². The average molecular weight is 198 g/mol. The predicted octanol–water partition coefficient (Wildman–Crippen LogP) is 2.21. The van der Waals surface area contributed by atoms with Gasteiger partial charge in [0.05, 0.1) is 32.8 Å². The summed E-state index contributed by atoms with van der Waals surface area (Å²) in [6, 6.07) is 0. The summed E-state index contributed by atoms with van der Waals surface area (Å²) in [6.07, 6.45) is 2.79. The zero-order valence-electron chi connectivity index (χ0n) is 9.72. The van der Waals surface area contributed by atoms with Gasteiger partial charge in [-0.25, -0.2) is 0 Å². The van der Waals surface area contributed by atoms with E-state index in [4.69, 9.17) is 4.74 Å². The van der Waals surface area contributed by atoms with Gasteiger partial charge < -0.3 is 9.22 Å². The molecule has 0 atom stereocenters. The number of rotatable bonds is 6. The zero-order chi connectivity index (χ0) is 10.4. The van der Waals surface area contributed by atoms with Crippen LogP contribution in [0.25, 0.3) is 0 Å². The third kappa shape index (κ3) is 3.43. The molecule has 0 spiro atoms. The molecular weight excluding hydrogens is 174 g/mol. The normalized spacial score (nSPS) is 19.9. The molecule has 0 aromatic rings. The lowest BCUT2D eigenvalue weighted by Gasteiger charge is -2.32. The largest absolute Gasteiger partial charge is 0.371 e. The Balaban J connectivity index is 2.18. The lowest BCUT2D eigenvalue weighted by molar-refractivity contribution is -0.915. The van der Waals surface area contributed by atoms with Crippen LogP contribution in [0.4, 0.5) is 0 Å². The van der Waals surface area contributed by atoms with Crippen LogP contribution in [0.2, 0.25) is 0 Å². The van der Waals surface area contributed by atoms with E-state index in [0.29, 0.717) is 0 Å². The molecule has 0 N–H and O–H groups in total. The number of hydrogen-bond acceptors (Lipinski definition) is 1. The van der Waals surface area contributed by atoms with Crippen molar-refractivity contribution in [3.8, 4) is 0 Å². The second-order valence-corrected chi connectivity index (χ2v) is 4.55. The summed E-state index contributed by atoms with van der Waals surface area (Å²) in [5.74, 6) is 0. The van der Waals surface area contributed by atoms with Gasteiger partial charge in [-0.2, -0.15) is 0 Å². The molecule has 0 radical (unpaired) electrons. The van der Waals surface area contributed by atoms with E-state index in [9.17, 15) is 0 Å². The fourth-order valence-electron chi connectivity index (χ4n) is 2.21. The van der Waals surface area contributed by atoms with Gasteiger partial charge in [0.15, 0.2) is 0 Å². The summed E-state index contributed by atoms with van der Waals surface area (Å²) < 4.78 is 6.84. The second kappa shape index (κ2) is 5.52.